The molecule has 3 aromatic rings. The van der Waals surface area contributed by atoms with E-state index in [-0.39, 0.29) is 11.6 Å². The molecule has 0 aliphatic rings. The molecule has 0 spiro atoms. The van der Waals surface area contributed by atoms with Crippen LogP contribution in [0.3, 0.4) is 0 Å². The molecule has 1 amide bonds. The van der Waals surface area contributed by atoms with Crippen molar-refractivity contribution in [3.8, 4) is 17.4 Å². The van der Waals surface area contributed by atoms with Crippen LogP contribution in [0.5, 0.6) is 17.4 Å². The van der Waals surface area contributed by atoms with Gasteiger partial charge in [-0.05, 0) is 38.1 Å². The van der Waals surface area contributed by atoms with Crippen molar-refractivity contribution in [2.75, 3.05) is 14.2 Å². The van der Waals surface area contributed by atoms with Crippen molar-refractivity contribution in [1.29, 1.82) is 0 Å². The Balaban J connectivity index is 1.97. The van der Waals surface area contributed by atoms with E-state index >= 15 is 0 Å². The Morgan fingerprint density at radius 2 is 1.83 bits per heavy atom. The predicted octanol–water partition coefficient (Wildman–Crippen LogP) is 5.25. The fraction of sp³-hybridized carbons (Fsp3) is 0.227. The van der Waals surface area contributed by atoms with Gasteiger partial charge in [-0.1, -0.05) is 29.8 Å². The molecule has 3 rings (SSSR count). The van der Waals surface area contributed by atoms with Gasteiger partial charge in [0.25, 0.3) is 5.91 Å². The lowest BCUT2D eigenvalue weighted by atomic mass is 10.2. The molecule has 0 bridgehead atoms. The van der Waals surface area contributed by atoms with Gasteiger partial charge in [0.2, 0.25) is 5.88 Å². The van der Waals surface area contributed by atoms with Gasteiger partial charge in [-0.15, -0.1) is 10.2 Å². The van der Waals surface area contributed by atoms with Crippen LogP contribution in [0.15, 0.2) is 64.3 Å². The zero-order chi connectivity index (χ0) is 21.0. The fourth-order valence-electron chi connectivity index (χ4n) is 2.95. The molecule has 7 nitrogen and oxygen atoms in total. The predicted molar refractivity (Wildman–Crippen MR) is 111 cm³/mol. The van der Waals surface area contributed by atoms with Gasteiger partial charge in [0, 0.05) is 17.5 Å². The lowest BCUT2D eigenvalue weighted by Gasteiger charge is -2.07. The minimum atomic E-state index is -0.550. The number of para-hydroxylation sites is 1. The van der Waals surface area contributed by atoms with Crippen LogP contribution in [0.2, 0.25) is 0 Å². The molecule has 0 fully saturated rings. The first-order valence-electron chi connectivity index (χ1n) is 9.08. The number of benzene rings is 2. The molecule has 0 unspecified atom stereocenters. The number of allylic oxidation sites excluding steroid dienone is 2. The number of azo groups is 1. The largest absolute Gasteiger partial charge is 0.493 e. The first kappa shape index (κ1) is 20.1. The Bertz CT molecular complexity index is 1110. The van der Waals surface area contributed by atoms with Gasteiger partial charge in [0.15, 0.2) is 17.2 Å². The number of hydrogen-bond acceptors (Lipinski definition) is 5. The molecule has 1 aromatic heterocycles. The lowest BCUT2D eigenvalue weighted by Crippen LogP contribution is -1.97. The number of ether oxygens (including phenoxy) is 2. The number of rotatable bonds is 6. The Morgan fingerprint density at radius 1 is 1.10 bits per heavy atom. The highest BCUT2D eigenvalue weighted by Gasteiger charge is 2.17. The van der Waals surface area contributed by atoms with Gasteiger partial charge in [0.1, 0.15) is 0 Å². The van der Waals surface area contributed by atoms with E-state index in [0.29, 0.717) is 23.6 Å². The normalized spacial score (nSPS) is 11.0. The van der Waals surface area contributed by atoms with E-state index < -0.39 is 5.91 Å². The smallest absolute Gasteiger partial charge is 0.295 e. The second kappa shape index (κ2) is 8.60. The Labute approximate surface area is 168 Å². The number of amides is 1. The van der Waals surface area contributed by atoms with E-state index in [1.807, 2.05) is 44.2 Å². The summed E-state index contributed by atoms with van der Waals surface area (Å²) in [5.74, 6) is 0.356. The van der Waals surface area contributed by atoms with Crippen molar-refractivity contribution >= 4 is 22.5 Å². The maximum absolute atomic E-state index is 12.5. The summed E-state index contributed by atoms with van der Waals surface area (Å²) in [5, 5.41) is 19.3. The number of carbonyl (C=O) groups is 1. The second-order valence-corrected chi connectivity index (χ2v) is 6.66. The zero-order valence-electron chi connectivity index (χ0n) is 16.8. The molecule has 0 aliphatic carbocycles. The Kier molecular flexibility index (Phi) is 5.97. The fourth-order valence-corrected chi connectivity index (χ4v) is 2.95. The molecule has 0 saturated carbocycles. The molecule has 7 heteroatoms. The van der Waals surface area contributed by atoms with E-state index in [1.54, 1.807) is 16.7 Å². The van der Waals surface area contributed by atoms with Crippen molar-refractivity contribution in [1.82, 2.24) is 4.57 Å². The maximum Gasteiger partial charge on any atom is 0.295 e. The number of hydrogen-bond donors (Lipinski definition) is 1. The molecule has 29 heavy (non-hydrogen) atoms. The summed E-state index contributed by atoms with van der Waals surface area (Å²) in [6, 6.07) is 12.2. The first-order chi connectivity index (χ1) is 14.0. The van der Waals surface area contributed by atoms with Gasteiger partial charge in [-0.3, -0.25) is 4.79 Å². The van der Waals surface area contributed by atoms with E-state index in [4.69, 9.17) is 9.47 Å². The third-order valence-electron chi connectivity index (χ3n) is 4.47. The van der Waals surface area contributed by atoms with Gasteiger partial charge in [0.05, 0.1) is 19.7 Å². The number of aromatic hydroxyl groups is 1. The van der Waals surface area contributed by atoms with Crippen LogP contribution in [-0.4, -0.2) is 29.8 Å². The van der Waals surface area contributed by atoms with Crippen LogP contribution in [0.1, 0.15) is 24.2 Å². The number of fused-ring (bicyclic) bond motifs is 1. The molecule has 1 heterocycles. The van der Waals surface area contributed by atoms with Crippen molar-refractivity contribution < 1.29 is 19.4 Å². The van der Waals surface area contributed by atoms with Crippen LogP contribution in [0.25, 0.3) is 10.9 Å². The summed E-state index contributed by atoms with van der Waals surface area (Å²) in [6.45, 7) is 4.48. The SMILES string of the molecule is COc1ccc(C(=O)N=Nc2c(O)n(CC=C(C)C)c3ccccc23)cc1OC. The molecule has 150 valence electrons. The van der Waals surface area contributed by atoms with Gasteiger partial charge in [-0.25, -0.2) is 0 Å². The number of methoxy groups -OCH3 is 2. The molecule has 0 atom stereocenters. The minimum Gasteiger partial charge on any atom is -0.493 e. The monoisotopic (exact) mass is 393 g/mol. The van der Waals surface area contributed by atoms with Crippen LogP contribution in [0.4, 0.5) is 5.69 Å². The molecular weight excluding hydrogens is 370 g/mol. The topological polar surface area (TPSA) is 85.4 Å². The van der Waals surface area contributed by atoms with E-state index in [2.05, 4.69) is 10.2 Å². The van der Waals surface area contributed by atoms with E-state index in [0.717, 1.165) is 16.5 Å². The highest BCUT2D eigenvalue weighted by Crippen LogP contribution is 2.39. The highest BCUT2D eigenvalue weighted by atomic mass is 16.5. The maximum atomic E-state index is 12.5. The molecule has 0 radical (unpaired) electrons. The van der Waals surface area contributed by atoms with Gasteiger partial charge in [-0.2, -0.15) is 0 Å². The van der Waals surface area contributed by atoms with E-state index in [1.165, 1.54) is 20.3 Å². The average Bonchev–Trinajstić information content (AvgIpc) is 3.00. The summed E-state index contributed by atoms with van der Waals surface area (Å²) in [6.07, 6.45) is 2.00. The Hall–Kier alpha value is -3.61. The second-order valence-electron chi connectivity index (χ2n) is 6.66. The number of aromatic nitrogens is 1. The van der Waals surface area contributed by atoms with Crippen molar-refractivity contribution in [2.45, 2.75) is 20.4 Å². The quantitative estimate of drug-likeness (QED) is 0.457. The number of nitrogens with zero attached hydrogens (tertiary/aromatic N) is 3. The third kappa shape index (κ3) is 4.13. The molecule has 0 aliphatic heterocycles. The Morgan fingerprint density at radius 3 is 2.52 bits per heavy atom. The van der Waals surface area contributed by atoms with Crippen LogP contribution >= 0.6 is 0 Å². The number of carbonyl (C=O) groups excluding carboxylic acids is 1. The highest BCUT2D eigenvalue weighted by molar-refractivity contribution is 5.97. The summed E-state index contributed by atoms with van der Waals surface area (Å²) in [7, 11) is 3.01. The van der Waals surface area contributed by atoms with Gasteiger partial charge < -0.3 is 19.1 Å². The average molecular weight is 393 g/mol. The zero-order valence-corrected chi connectivity index (χ0v) is 16.8. The molecule has 0 saturated heterocycles. The van der Waals surface area contributed by atoms with E-state index in [9.17, 15) is 9.90 Å². The van der Waals surface area contributed by atoms with Crippen molar-refractivity contribution in [2.24, 2.45) is 10.2 Å². The molecular formula is C22H23N3O4. The summed E-state index contributed by atoms with van der Waals surface area (Å²) in [5.41, 5.74) is 2.51. The molecule has 1 N–H and O–H groups in total. The van der Waals surface area contributed by atoms with Gasteiger partial charge >= 0.3 is 0 Å². The van der Waals surface area contributed by atoms with Crippen LogP contribution in [-0.2, 0) is 6.54 Å². The van der Waals surface area contributed by atoms with Crippen LogP contribution < -0.4 is 9.47 Å². The lowest BCUT2D eigenvalue weighted by molar-refractivity contribution is 0.0994. The standard InChI is InChI=1S/C22H23N3O4/c1-14(2)11-12-25-17-8-6-5-7-16(17)20(22(25)27)23-24-21(26)15-9-10-18(28-3)19(13-15)29-4/h5-11,13,27H,12H2,1-4H3. The van der Waals surface area contributed by atoms with Crippen LogP contribution in [0, 0.1) is 0 Å². The summed E-state index contributed by atoms with van der Waals surface area (Å²) < 4.78 is 12.1. The molecule has 2 aromatic carbocycles. The summed E-state index contributed by atoms with van der Waals surface area (Å²) >= 11 is 0. The van der Waals surface area contributed by atoms with Crippen molar-refractivity contribution in [3.63, 3.8) is 0 Å². The van der Waals surface area contributed by atoms with Crippen molar-refractivity contribution in [3.05, 3.63) is 59.7 Å². The first-order valence-corrected chi connectivity index (χ1v) is 9.08. The third-order valence-corrected chi connectivity index (χ3v) is 4.47. The summed E-state index contributed by atoms with van der Waals surface area (Å²) in [4.78, 5) is 12.5. The minimum absolute atomic E-state index is 0.0347.